The van der Waals surface area contributed by atoms with Gasteiger partial charge in [0.1, 0.15) is 73.2 Å². The van der Waals surface area contributed by atoms with E-state index >= 15 is 0 Å². The maximum Gasteiger partial charge on any atom is 0.220 e. The molecule has 1 amide bonds. The van der Waals surface area contributed by atoms with Crippen LogP contribution in [-0.2, 0) is 33.2 Å². The van der Waals surface area contributed by atoms with Crippen molar-refractivity contribution in [3.05, 3.63) is 12.2 Å². The van der Waals surface area contributed by atoms with Crippen molar-refractivity contribution in [2.75, 3.05) is 26.4 Å². The number of hydrogen-bond donors (Lipinski definition) is 12. The van der Waals surface area contributed by atoms with E-state index in [4.69, 9.17) is 28.4 Å². The predicted octanol–water partition coefficient (Wildman–Crippen LogP) is -0.865. The maximum absolute atomic E-state index is 13.0. The smallest absolute Gasteiger partial charge is 0.220 e. The number of carbonyl (C=O) groups excluding carboxylic acids is 1. The summed E-state index contributed by atoms with van der Waals surface area (Å²) >= 11 is 0. The van der Waals surface area contributed by atoms with Crippen LogP contribution in [0.1, 0.15) is 117 Å². The highest BCUT2D eigenvalue weighted by atomic mass is 16.8. The second-order valence-electron chi connectivity index (χ2n) is 16.5. The minimum atomic E-state index is -1.97. The Morgan fingerprint density at radius 2 is 1.02 bits per heavy atom. The third-order valence-corrected chi connectivity index (χ3v) is 11.6. The molecule has 0 spiro atoms. The summed E-state index contributed by atoms with van der Waals surface area (Å²) in [7, 11) is 0. The molecule has 61 heavy (non-hydrogen) atoms. The maximum atomic E-state index is 13.0. The number of hydrogen-bond acceptors (Lipinski definition) is 18. The van der Waals surface area contributed by atoms with Crippen LogP contribution >= 0.6 is 0 Å². The van der Waals surface area contributed by atoms with Gasteiger partial charge in [0.05, 0.1) is 38.6 Å². The molecule has 3 aliphatic heterocycles. The summed E-state index contributed by atoms with van der Waals surface area (Å²) in [5.41, 5.74) is 0. The first-order valence-electron chi connectivity index (χ1n) is 22.4. The van der Waals surface area contributed by atoms with E-state index in [1.165, 1.54) is 32.1 Å². The van der Waals surface area contributed by atoms with Gasteiger partial charge in [0, 0.05) is 6.42 Å². The number of aliphatic hydroxyl groups excluding tert-OH is 11. The molecule has 0 aromatic rings. The molecule has 3 heterocycles. The third kappa shape index (κ3) is 16.8. The minimum Gasteiger partial charge on any atom is -0.394 e. The molecule has 0 aliphatic carbocycles. The molecule has 3 rings (SSSR count). The number of ether oxygens (including phenoxy) is 6. The fourth-order valence-electron chi connectivity index (χ4n) is 7.72. The molecule has 17 atom stereocenters. The molecule has 19 heteroatoms. The van der Waals surface area contributed by atoms with Gasteiger partial charge in [-0.2, -0.15) is 0 Å². The van der Waals surface area contributed by atoms with Gasteiger partial charge in [0.15, 0.2) is 18.9 Å². The number of aliphatic hydroxyl groups is 11. The second-order valence-corrected chi connectivity index (χ2v) is 16.5. The van der Waals surface area contributed by atoms with Crippen LogP contribution in [0.3, 0.4) is 0 Å². The molecule has 12 N–H and O–H groups in total. The van der Waals surface area contributed by atoms with Crippen LogP contribution in [0.5, 0.6) is 0 Å². The Morgan fingerprint density at radius 3 is 1.54 bits per heavy atom. The van der Waals surface area contributed by atoms with Gasteiger partial charge in [-0.05, 0) is 19.3 Å². The van der Waals surface area contributed by atoms with Crippen LogP contribution in [0.15, 0.2) is 12.2 Å². The van der Waals surface area contributed by atoms with Crippen molar-refractivity contribution in [3.8, 4) is 0 Å². The topological polar surface area (TPSA) is 307 Å². The molecule has 3 saturated heterocycles. The molecule has 0 radical (unpaired) electrons. The zero-order valence-corrected chi connectivity index (χ0v) is 35.9. The highest BCUT2D eigenvalue weighted by Crippen LogP contribution is 2.33. The average molecular weight is 884 g/mol. The van der Waals surface area contributed by atoms with Crippen LogP contribution in [0, 0.1) is 0 Å². The van der Waals surface area contributed by atoms with Crippen molar-refractivity contribution in [2.45, 2.75) is 221 Å². The second kappa shape index (κ2) is 29.1. The average Bonchev–Trinajstić information content (AvgIpc) is 3.25. The molecule has 3 aliphatic rings. The normalized spacial score (nSPS) is 35.7. The van der Waals surface area contributed by atoms with Gasteiger partial charge in [-0.25, -0.2) is 0 Å². The van der Waals surface area contributed by atoms with Crippen LogP contribution in [0.4, 0.5) is 0 Å². The molecular formula is C42H77NO18. The largest absolute Gasteiger partial charge is 0.394 e. The summed E-state index contributed by atoms with van der Waals surface area (Å²) in [6.07, 6.45) is -7.14. The standard InChI is InChI=1S/C42H77NO18/c1-3-5-7-9-11-12-14-16-18-20-30(48)43-25(26(47)19-17-15-13-10-8-6-4-2)24-56-40-36(54)33(51)38(28(22-45)58-40)61-42-37(55)34(52)39(29(23-46)59-42)60-41-35(53)32(50)31(49)27(21-44)57-41/h17,19,25-29,31-42,44-47,49-55H,3-16,18,20-24H2,1-2H3,(H,43,48)/b19-17+. The zero-order valence-electron chi connectivity index (χ0n) is 35.9. The van der Waals surface area contributed by atoms with Crippen molar-refractivity contribution in [1.29, 1.82) is 0 Å². The monoisotopic (exact) mass is 884 g/mol. The summed E-state index contributed by atoms with van der Waals surface area (Å²) in [6, 6.07) is -0.960. The van der Waals surface area contributed by atoms with E-state index in [1.54, 1.807) is 6.08 Å². The van der Waals surface area contributed by atoms with Crippen molar-refractivity contribution in [1.82, 2.24) is 5.32 Å². The first-order chi connectivity index (χ1) is 29.3. The number of rotatable bonds is 29. The Bertz CT molecular complexity index is 1200. The van der Waals surface area contributed by atoms with Gasteiger partial charge in [-0.15, -0.1) is 0 Å². The first-order valence-corrected chi connectivity index (χ1v) is 22.4. The van der Waals surface area contributed by atoms with E-state index in [1.807, 2.05) is 6.08 Å². The zero-order chi connectivity index (χ0) is 44.9. The minimum absolute atomic E-state index is 0.245. The van der Waals surface area contributed by atoms with Crippen molar-refractivity contribution in [2.24, 2.45) is 0 Å². The van der Waals surface area contributed by atoms with Crippen LogP contribution in [0.25, 0.3) is 0 Å². The lowest BCUT2D eigenvalue weighted by Gasteiger charge is -2.48. The molecule has 19 nitrogen and oxygen atoms in total. The number of allylic oxidation sites excluding steroid dienone is 1. The van der Waals surface area contributed by atoms with Crippen molar-refractivity contribution in [3.63, 3.8) is 0 Å². The van der Waals surface area contributed by atoms with E-state index < -0.39 is 124 Å². The van der Waals surface area contributed by atoms with Crippen molar-refractivity contribution < 1.29 is 89.4 Å². The summed E-state index contributed by atoms with van der Waals surface area (Å²) in [5.74, 6) is -0.286. The van der Waals surface area contributed by atoms with Crippen LogP contribution in [-0.4, -0.2) is 193 Å². The molecule has 0 aromatic carbocycles. The van der Waals surface area contributed by atoms with Crippen molar-refractivity contribution >= 4 is 5.91 Å². The lowest BCUT2D eigenvalue weighted by atomic mass is 9.96. The first kappa shape index (κ1) is 53.9. The Kier molecular flexibility index (Phi) is 25.7. The molecule has 0 bridgehead atoms. The number of nitrogens with one attached hydrogen (secondary N) is 1. The SMILES string of the molecule is CCCCCCC/C=C/C(O)C(COC1OC(CO)C(OC2OC(CO)C(OC3OC(CO)C(O)C(O)C3O)C(O)C2O)C(O)C1O)NC(=O)CCCCCCCCCCC. The molecule has 0 saturated carbocycles. The Balaban J connectivity index is 1.61. The highest BCUT2D eigenvalue weighted by molar-refractivity contribution is 5.76. The quantitative estimate of drug-likeness (QED) is 0.0321. The molecule has 358 valence electrons. The fourth-order valence-corrected chi connectivity index (χ4v) is 7.72. The van der Waals surface area contributed by atoms with Gasteiger partial charge in [-0.1, -0.05) is 103 Å². The Morgan fingerprint density at radius 1 is 0.574 bits per heavy atom. The predicted molar refractivity (Wildman–Crippen MR) is 217 cm³/mol. The lowest BCUT2D eigenvalue weighted by Crippen LogP contribution is -2.66. The summed E-state index contributed by atoms with van der Waals surface area (Å²) in [4.78, 5) is 13.0. The Hall–Kier alpha value is -1.47. The molecular weight excluding hydrogens is 806 g/mol. The Labute approximate surface area is 359 Å². The van der Waals surface area contributed by atoms with E-state index in [9.17, 15) is 61.0 Å². The summed E-state index contributed by atoms with van der Waals surface area (Å²) in [5, 5.41) is 119. The van der Waals surface area contributed by atoms with Gasteiger partial charge in [-0.3, -0.25) is 4.79 Å². The molecule has 3 fully saturated rings. The van der Waals surface area contributed by atoms with E-state index in [2.05, 4.69) is 19.2 Å². The fraction of sp³-hybridized carbons (Fsp3) is 0.929. The van der Waals surface area contributed by atoms with E-state index in [-0.39, 0.29) is 18.9 Å². The summed E-state index contributed by atoms with van der Waals surface area (Å²) in [6.45, 7) is 1.56. The van der Waals surface area contributed by atoms with Crippen LogP contribution < -0.4 is 5.32 Å². The van der Waals surface area contributed by atoms with Gasteiger partial charge < -0.3 is 89.9 Å². The van der Waals surface area contributed by atoms with Gasteiger partial charge in [0.25, 0.3) is 0 Å². The van der Waals surface area contributed by atoms with E-state index in [0.29, 0.717) is 6.42 Å². The number of amides is 1. The van der Waals surface area contributed by atoms with Gasteiger partial charge in [0.2, 0.25) is 5.91 Å². The molecule has 17 unspecified atom stereocenters. The summed E-state index contributed by atoms with van der Waals surface area (Å²) < 4.78 is 33.9. The third-order valence-electron chi connectivity index (χ3n) is 11.6. The number of unbranched alkanes of at least 4 members (excludes halogenated alkanes) is 13. The van der Waals surface area contributed by atoms with E-state index in [0.717, 1.165) is 57.8 Å². The highest BCUT2D eigenvalue weighted by Gasteiger charge is 2.53. The molecule has 0 aromatic heterocycles. The van der Waals surface area contributed by atoms with Gasteiger partial charge >= 0.3 is 0 Å². The van der Waals surface area contributed by atoms with Crippen LogP contribution in [0.2, 0.25) is 0 Å². The number of carbonyl (C=O) groups is 1. The lowest BCUT2D eigenvalue weighted by molar-refractivity contribution is -0.379.